The first kappa shape index (κ1) is 28.4. The van der Waals surface area contributed by atoms with Crippen LogP contribution in [0.2, 0.25) is 10.0 Å². The van der Waals surface area contributed by atoms with Crippen molar-refractivity contribution in [3.8, 4) is 11.3 Å². The van der Waals surface area contributed by atoms with E-state index in [1.54, 1.807) is 66.7 Å². The average Bonchev–Trinajstić information content (AvgIpc) is 3.65. The van der Waals surface area contributed by atoms with Gasteiger partial charge >= 0.3 is 5.97 Å². The lowest BCUT2D eigenvalue weighted by molar-refractivity contribution is -0.123. The lowest BCUT2D eigenvalue weighted by atomic mass is 9.82. The fourth-order valence-electron chi connectivity index (χ4n) is 6.98. The van der Waals surface area contributed by atoms with Gasteiger partial charge in [0.2, 0.25) is 17.6 Å². The third-order valence-electron chi connectivity index (χ3n) is 9.05. The zero-order valence-corrected chi connectivity index (χ0v) is 25.3. The molecular weight excluding hydrogens is 599 g/mol. The molecule has 0 radical (unpaired) electrons. The van der Waals surface area contributed by atoms with E-state index < -0.39 is 12.1 Å². The number of carbonyl (C=O) groups is 4. The summed E-state index contributed by atoms with van der Waals surface area (Å²) < 4.78 is 5.62. The van der Waals surface area contributed by atoms with Gasteiger partial charge in [0, 0.05) is 26.6 Å². The first-order valence-corrected chi connectivity index (χ1v) is 15.1. The third-order valence-corrected chi connectivity index (χ3v) is 9.52. The number of anilines is 1. The number of benzene rings is 3. The molecule has 1 saturated heterocycles. The molecule has 5 unspecified atom stereocenters. The number of rotatable bonds is 6. The Labute approximate surface area is 263 Å². The first-order valence-electron chi connectivity index (χ1n) is 14.4. The smallest absolute Gasteiger partial charge is 0.339 e. The molecule has 2 fully saturated rings. The zero-order chi connectivity index (χ0) is 30.9. The van der Waals surface area contributed by atoms with Gasteiger partial charge in [-0.1, -0.05) is 59.1 Å². The van der Waals surface area contributed by atoms with Crippen molar-refractivity contribution in [3.05, 3.63) is 106 Å². The van der Waals surface area contributed by atoms with Gasteiger partial charge in [-0.3, -0.25) is 19.3 Å². The average molecular weight is 626 g/mol. The number of fused-ring (bicyclic) bond motifs is 6. The van der Waals surface area contributed by atoms with E-state index in [1.807, 2.05) is 6.92 Å². The molecule has 44 heavy (non-hydrogen) atoms. The minimum Gasteiger partial charge on any atom is -0.451 e. The number of ketones is 1. The van der Waals surface area contributed by atoms with Gasteiger partial charge in [-0.2, -0.15) is 0 Å². The molecule has 0 N–H and O–H groups in total. The van der Waals surface area contributed by atoms with E-state index in [-0.39, 0.29) is 46.8 Å². The molecule has 1 aromatic heterocycles. The number of amides is 2. The Balaban J connectivity index is 1.18. The largest absolute Gasteiger partial charge is 0.451 e. The number of esters is 1. The summed E-state index contributed by atoms with van der Waals surface area (Å²) in [5.74, 6) is -1.68. The summed E-state index contributed by atoms with van der Waals surface area (Å²) in [5.41, 5.74) is 3.89. The Morgan fingerprint density at radius 3 is 2.41 bits per heavy atom. The van der Waals surface area contributed by atoms with Crippen molar-refractivity contribution in [1.82, 2.24) is 4.98 Å². The maximum atomic E-state index is 13.5. The first-order chi connectivity index (χ1) is 21.1. The lowest BCUT2D eigenvalue weighted by Gasteiger charge is -2.19. The molecule has 3 aliphatic rings. The fraction of sp³-hybridized carbons (Fsp3) is 0.229. The molecule has 1 aliphatic heterocycles. The van der Waals surface area contributed by atoms with Crippen LogP contribution in [-0.2, 0) is 14.3 Å². The van der Waals surface area contributed by atoms with Crippen LogP contribution < -0.4 is 4.90 Å². The molecule has 2 amide bonds. The van der Waals surface area contributed by atoms with Gasteiger partial charge in [0.05, 0.1) is 34.3 Å². The number of pyridine rings is 1. The molecule has 2 aliphatic carbocycles. The minimum absolute atomic E-state index is 0.128. The van der Waals surface area contributed by atoms with E-state index in [0.29, 0.717) is 43.5 Å². The molecule has 2 heterocycles. The van der Waals surface area contributed by atoms with Crippen LogP contribution in [0, 0.1) is 23.7 Å². The van der Waals surface area contributed by atoms with Crippen LogP contribution in [0.25, 0.3) is 22.2 Å². The van der Waals surface area contributed by atoms with Crippen LogP contribution >= 0.6 is 23.2 Å². The van der Waals surface area contributed by atoms with Gasteiger partial charge in [-0.05, 0) is 80.6 Å². The van der Waals surface area contributed by atoms with Gasteiger partial charge < -0.3 is 4.74 Å². The minimum atomic E-state index is -1.07. The van der Waals surface area contributed by atoms with Crippen molar-refractivity contribution in [1.29, 1.82) is 0 Å². The summed E-state index contributed by atoms with van der Waals surface area (Å²) in [5, 5.41) is 1.29. The van der Waals surface area contributed by atoms with Gasteiger partial charge in [0.1, 0.15) is 0 Å². The summed E-state index contributed by atoms with van der Waals surface area (Å²) in [6.45, 7) is 3.55. The highest BCUT2D eigenvalue weighted by Gasteiger charge is 2.60. The van der Waals surface area contributed by atoms with E-state index >= 15 is 0 Å². The van der Waals surface area contributed by atoms with E-state index in [4.69, 9.17) is 32.9 Å². The summed E-state index contributed by atoms with van der Waals surface area (Å²) >= 11 is 12.3. The summed E-state index contributed by atoms with van der Waals surface area (Å²) in [6, 6.07) is 20.0. The predicted molar refractivity (Wildman–Crippen MR) is 168 cm³/mol. The predicted octanol–water partition coefficient (Wildman–Crippen LogP) is 7.34. The van der Waals surface area contributed by atoms with Gasteiger partial charge in [-0.15, -0.1) is 0 Å². The number of nitrogens with zero attached hydrogens (tertiary/aromatic N) is 2. The number of hydrogen-bond acceptors (Lipinski definition) is 6. The summed E-state index contributed by atoms with van der Waals surface area (Å²) in [7, 11) is 0. The highest BCUT2D eigenvalue weighted by Crippen LogP contribution is 2.56. The number of carbonyl (C=O) groups excluding carboxylic acids is 4. The normalized spacial score (nSPS) is 22.7. The van der Waals surface area contributed by atoms with E-state index in [9.17, 15) is 19.2 Å². The number of ether oxygens (including phenoxy) is 1. The van der Waals surface area contributed by atoms with E-state index in [1.165, 1.54) is 23.5 Å². The monoisotopic (exact) mass is 624 g/mol. The molecule has 7 nitrogen and oxygen atoms in total. The summed E-state index contributed by atoms with van der Waals surface area (Å²) in [6.07, 6.45) is 1.96. The standard InChI is InChI=1S/C35H26Cl2N2O5/c1-17-12-21-14-25(17)31-30(21)33(41)39(34(31)42)24-9-6-19(7-10-24)29-16-27(26-15-23(37)8-11-28(26)38-29)35(43)44-18(2)32(40)20-4-3-5-22(36)13-20/h3-13,15-16,18,21,25,30-31H,14H2,1-2H3. The van der Waals surface area contributed by atoms with Crippen LogP contribution in [0.1, 0.15) is 41.0 Å². The maximum absolute atomic E-state index is 13.5. The van der Waals surface area contributed by atoms with E-state index in [2.05, 4.69) is 6.08 Å². The van der Waals surface area contributed by atoms with E-state index in [0.717, 1.165) is 6.42 Å². The van der Waals surface area contributed by atoms with Crippen molar-refractivity contribution < 1.29 is 23.9 Å². The number of hydrogen-bond donors (Lipinski definition) is 0. The Morgan fingerprint density at radius 2 is 1.66 bits per heavy atom. The molecule has 220 valence electrons. The molecule has 4 aromatic rings. The van der Waals surface area contributed by atoms with Crippen molar-refractivity contribution in [3.63, 3.8) is 0 Å². The SMILES string of the molecule is CC1=CC2CC1C1C(=O)N(c3ccc(-c4cc(C(=O)OC(C)C(=O)c5cccc(Cl)c5)c5cc(Cl)ccc5n4)cc3)C(=O)C21. The van der Waals surface area contributed by atoms with Crippen LogP contribution in [0.4, 0.5) is 5.69 Å². The highest BCUT2D eigenvalue weighted by molar-refractivity contribution is 6.31. The van der Waals surface area contributed by atoms with Crippen molar-refractivity contribution in [2.75, 3.05) is 4.90 Å². The molecule has 3 aromatic carbocycles. The molecule has 2 bridgehead atoms. The molecule has 9 heteroatoms. The van der Waals surface area contributed by atoms with Crippen molar-refractivity contribution in [2.45, 2.75) is 26.4 Å². The summed E-state index contributed by atoms with van der Waals surface area (Å²) in [4.78, 5) is 59.3. The third kappa shape index (κ3) is 4.62. The highest BCUT2D eigenvalue weighted by atomic mass is 35.5. The molecule has 5 atom stereocenters. The van der Waals surface area contributed by atoms with Crippen LogP contribution in [0.5, 0.6) is 0 Å². The van der Waals surface area contributed by atoms with Gasteiger partial charge in [-0.25, -0.2) is 9.78 Å². The second kappa shape index (κ2) is 10.7. The van der Waals surface area contributed by atoms with Gasteiger partial charge in [0.15, 0.2) is 6.10 Å². The lowest BCUT2D eigenvalue weighted by Crippen LogP contribution is -2.32. The molecule has 0 spiro atoms. The Kier molecular flexibility index (Phi) is 6.91. The van der Waals surface area contributed by atoms with Crippen LogP contribution in [-0.4, -0.2) is 34.7 Å². The van der Waals surface area contributed by atoms with Crippen LogP contribution in [0.3, 0.4) is 0 Å². The number of halogens is 2. The maximum Gasteiger partial charge on any atom is 0.339 e. The number of imide groups is 1. The van der Waals surface area contributed by atoms with Crippen molar-refractivity contribution in [2.24, 2.45) is 23.7 Å². The number of aromatic nitrogens is 1. The van der Waals surface area contributed by atoms with Crippen molar-refractivity contribution >= 4 is 63.4 Å². The molecular formula is C35H26Cl2N2O5. The molecule has 7 rings (SSSR count). The molecule has 1 saturated carbocycles. The zero-order valence-electron chi connectivity index (χ0n) is 23.8. The quantitative estimate of drug-likeness (QED) is 0.0964. The van der Waals surface area contributed by atoms with Gasteiger partial charge in [0.25, 0.3) is 0 Å². The second-order valence-corrected chi connectivity index (χ2v) is 12.5. The Bertz CT molecular complexity index is 1940. The number of allylic oxidation sites excluding steroid dienone is 2. The Morgan fingerprint density at radius 1 is 0.932 bits per heavy atom. The Hall–Kier alpha value is -4.33. The number of Topliss-reactive ketones (excluding diaryl/α,β-unsaturated/α-hetero) is 1. The topological polar surface area (TPSA) is 93.6 Å². The fourth-order valence-corrected chi connectivity index (χ4v) is 7.34. The van der Waals surface area contributed by atoms with Crippen LogP contribution in [0.15, 0.2) is 84.4 Å². The second-order valence-electron chi connectivity index (χ2n) is 11.7.